The SMILES string of the molecule is Cc1ccc(O)c(CN2CCN(C)CC2)n1. The predicted molar refractivity (Wildman–Crippen MR) is 63.4 cm³/mol. The third-order valence-corrected chi connectivity index (χ3v) is 3.06. The average Bonchev–Trinajstić information content (AvgIpc) is 2.27. The van der Waals surface area contributed by atoms with Crippen LogP contribution in [0.5, 0.6) is 5.75 Å². The number of aromatic nitrogens is 1. The molecule has 1 aliphatic heterocycles. The zero-order valence-corrected chi connectivity index (χ0v) is 9.98. The zero-order chi connectivity index (χ0) is 11.5. The molecule has 0 unspecified atom stereocenters. The summed E-state index contributed by atoms with van der Waals surface area (Å²) < 4.78 is 0. The summed E-state index contributed by atoms with van der Waals surface area (Å²) in [5, 5.41) is 9.72. The van der Waals surface area contributed by atoms with Crippen LogP contribution in [0.1, 0.15) is 11.4 Å². The molecule has 1 fully saturated rings. The molecule has 4 nitrogen and oxygen atoms in total. The van der Waals surface area contributed by atoms with Crippen LogP contribution in [0.2, 0.25) is 0 Å². The Morgan fingerprint density at radius 2 is 1.94 bits per heavy atom. The second-order valence-corrected chi connectivity index (χ2v) is 4.50. The Kier molecular flexibility index (Phi) is 3.41. The van der Waals surface area contributed by atoms with Crippen molar-refractivity contribution in [2.75, 3.05) is 33.2 Å². The first-order valence-electron chi connectivity index (χ1n) is 5.71. The number of hydrogen-bond donors (Lipinski definition) is 1. The van der Waals surface area contributed by atoms with E-state index in [2.05, 4.69) is 21.8 Å². The van der Waals surface area contributed by atoms with Crippen LogP contribution < -0.4 is 0 Å². The van der Waals surface area contributed by atoms with Crippen LogP contribution in [0.3, 0.4) is 0 Å². The predicted octanol–water partition coefficient (Wildman–Crippen LogP) is 0.843. The zero-order valence-electron chi connectivity index (χ0n) is 9.98. The van der Waals surface area contributed by atoms with Crippen molar-refractivity contribution in [1.82, 2.24) is 14.8 Å². The molecule has 1 N–H and O–H groups in total. The molecule has 1 saturated heterocycles. The number of aromatic hydroxyl groups is 1. The highest BCUT2D eigenvalue weighted by molar-refractivity contribution is 5.27. The molecule has 1 aromatic heterocycles. The standard InChI is InChI=1S/C12H19N3O/c1-10-3-4-12(16)11(13-10)9-15-7-5-14(2)6-8-15/h3-4,16H,5-9H2,1-2H3. The number of piperazine rings is 1. The van der Waals surface area contributed by atoms with Crippen LogP contribution in [-0.2, 0) is 6.54 Å². The van der Waals surface area contributed by atoms with Crippen LogP contribution in [-0.4, -0.2) is 53.1 Å². The van der Waals surface area contributed by atoms with E-state index in [9.17, 15) is 5.11 Å². The summed E-state index contributed by atoms with van der Waals surface area (Å²) in [5.41, 5.74) is 1.76. The number of likely N-dealkylation sites (N-methyl/N-ethyl adjacent to an activating group) is 1. The minimum absolute atomic E-state index is 0.310. The molecule has 0 aromatic carbocycles. The van der Waals surface area contributed by atoms with E-state index in [1.54, 1.807) is 6.07 Å². The monoisotopic (exact) mass is 221 g/mol. The largest absolute Gasteiger partial charge is 0.506 e. The first kappa shape index (κ1) is 11.4. The van der Waals surface area contributed by atoms with E-state index in [1.165, 1.54) is 0 Å². The lowest BCUT2D eigenvalue weighted by Gasteiger charge is -2.32. The normalized spacial score (nSPS) is 18.9. The van der Waals surface area contributed by atoms with Gasteiger partial charge < -0.3 is 10.0 Å². The Hall–Kier alpha value is -1.13. The molecular formula is C12H19N3O. The molecule has 88 valence electrons. The molecule has 2 heterocycles. The first-order chi connectivity index (χ1) is 7.65. The van der Waals surface area contributed by atoms with E-state index in [1.807, 2.05) is 13.0 Å². The van der Waals surface area contributed by atoms with E-state index in [0.717, 1.165) is 44.1 Å². The summed E-state index contributed by atoms with van der Waals surface area (Å²) >= 11 is 0. The van der Waals surface area contributed by atoms with Gasteiger partial charge in [0.05, 0.1) is 5.69 Å². The Bertz CT molecular complexity index is 359. The third kappa shape index (κ3) is 2.71. The maximum absolute atomic E-state index is 9.72. The molecule has 0 aliphatic carbocycles. The summed E-state index contributed by atoms with van der Waals surface area (Å²) in [7, 11) is 2.14. The summed E-state index contributed by atoms with van der Waals surface area (Å²) in [6.07, 6.45) is 0. The van der Waals surface area contributed by atoms with Crippen molar-refractivity contribution >= 4 is 0 Å². The summed E-state index contributed by atoms with van der Waals surface area (Å²) in [5.74, 6) is 0.310. The molecule has 4 heteroatoms. The van der Waals surface area contributed by atoms with Crippen molar-refractivity contribution in [3.8, 4) is 5.75 Å². The van der Waals surface area contributed by atoms with Crippen LogP contribution in [0, 0.1) is 6.92 Å². The molecule has 0 saturated carbocycles. The van der Waals surface area contributed by atoms with Crippen LogP contribution >= 0.6 is 0 Å². The average molecular weight is 221 g/mol. The molecule has 1 aliphatic rings. The van der Waals surface area contributed by atoms with Gasteiger partial charge in [0.15, 0.2) is 0 Å². The highest BCUT2D eigenvalue weighted by atomic mass is 16.3. The molecule has 2 rings (SSSR count). The number of rotatable bonds is 2. The summed E-state index contributed by atoms with van der Waals surface area (Å²) in [6, 6.07) is 3.57. The summed E-state index contributed by atoms with van der Waals surface area (Å²) in [6.45, 7) is 6.98. The quantitative estimate of drug-likeness (QED) is 0.803. The number of aryl methyl sites for hydroxylation is 1. The minimum Gasteiger partial charge on any atom is -0.506 e. The van der Waals surface area contributed by atoms with Crippen molar-refractivity contribution in [1.29, 1.82) is 0 Å². The van der Waals surface area contributed by atoms with Gasteiger partial charge in [-0.2, -0.15) is 0 Å². The van der Waals surface area contributed by atoms with Crippen LogP contribution in [0.15, 0.2) is 12.1 Å². The Morgan fingerprint density at radius 1 is 1.25 bits per heavy atom. The van der Waals surface area contributed by atoms with Gasteiger partial charge in [-0.15, -0.1) is 0 Å². The van der Waals surface area contributed by atoms with Gasteiger partial charge in [0.25, 0.3) is 0 Å². The fraction of sp³-hybridized carbons (Fsp3) is 0.583. The maximum Gasteiger partial charge on any atom is 0.138 e. The fourth-order valence-corrected chi connectivity index (χ4v) is 1.94. The minimum atomic E-state index is 0.310. The second kappa shape index (κ2) is 4.80. The first-order valence-corrected chi connectivity index (χ1v) is 5.71. The highest BCUT2D eigenvalue weighted by Crippen LogP contribution is 2.17. The molecular weight excluding hydrogens is 202 g/mol. The van der Waals surface area contributed by atoms with Gasteiger partial charge in [0, 0.05) is 38.4 Å². The van der Waals surface area contributed by atoms with Crippen molar-refractivity contribution in [3.05, 3.63) is 23.5 Å². The number of pyridine rings is 1. The Morgan fingerprint density at radius 3 is 2.62 bits per heavy atom. The van der Waals surface area contributed by atoms with E-state index in [-0.39, 0.29) is 0 Å². The van der Waals surface area contributed by atoms with E-state index >= 15 is 0 Å². The summed E-state index contributed by atoms with van der Waals surface area (Å²) in [4.78, 5) is 9.03. The van der Waals surface area contributed by atoms with E-state index < -0.39 is 0 Å². The number of nitrogens with zero attached hydrogens (tertiary/aromatic N) is 3. The maximum atomic E-state index is 9.72. The third-order valence-electron chi connectivity index (χ3n) is 3.06. The Labute approximate surface area is 96.5 Å². The van der Waals surface area contributed by atoms with Crippen molar-refractivity contribution < 1.29 is 5.11 Å². The van der Waals surface area contributed by atoms with Crippen molar-refractivity contribution in [3.63, 3.8) is 0 Å². The van der Waals surface area contributed by atoms with Crippen LogP contribution in [0.25, 0.3) is 0 Å². The Balaban J connectivity index is 2.00. The van der Waals surface area contributed by atoms with Gasteiger partial charge >= 0.3 is 0 Å². The fourth-order valence-electron chi connectivity index (χ4n) is 1.94. The molecule has 0 amide bonds. The van der Waals surface area contributed by atoms with Gasteiger partial charge in [0.1, 0.15) is 5.75 Å². The lowest BCUT2D eigenvalue weighted by Crippen LogP contribution is -2.44. The van der Waals surface area contributed by atoms with Crippen LogP contribution in [0.4, 0.5) is 0 Å². The number of hydrogen-bond acceptors (Lipinski definition) is 4. The highest BCUT2D eigenvalue weighted by Gasteiger charge is 2.15. The second-order valence-electron chi connectivity index (χ2n) is 4.50. The molecule has 0 radical (unpaired) electrons. The van der Waals surface area contributed by atoms with E-state index in [0.29, 0.717) is 5.75 Å². The topological polar surface area (TPSA) is 39.6 Å². The van der Waals surface area contributed by atoms with Gasteiger partial charge in [-0.3, -0.25) is 9.88 Å². The smallest absolute Gasteiger partial charge is 0.138 e. The van der Waals surface area contributed by atoms with Gasteiger partial charge in [-0.05, 0) is 26.1 Å². The van der Waals surface area contributed by atoms with Crippen molar-refractivity contribution in [2.24, 2.45) is 0 Å². The van der Waals surface area contributed by atoms with E-state index in [4.69, 9.17) is 0 Å². The molecule has 1 aromatic rings. The van der Waals surface area contributed by atoms with Gasteiger partial charge in [-0.1, -0.05) is 0 Å². The van der Waals surface area contributed by atoms with Gasteiger partial charge in [-0.25, -0.2) is 0 Å². The molecule has 16 heavy (non-hydrogen) atoms. The lowest BCUT2D eigenvalue weighted by molar-refractivity contribution is 0.145. The molecule has 0 atom stereocenters. The molecule has 0 bridgehead atoms. The lowest BCUT2D eigenvalue weighted by atomic mass is 10.2. The van der Waals surface area contributed by atoms with Crippen molar-refractivity contribution in [2.45, 2.75) is 13.5 Å². The van der Waals surface area contributed by atoms with Gasteiger partial charge in [0.2, 0.25) is 0 Å². The molecule has 0 spiro atoms.